The standard InChI is InChI=1S/C15H22N2O/c1-2-3-9-18-10-8-16-12-13-4-5-14-6-7-17-15(14)11-13/h4-7,11,16-17H,2-3,8-10,12H2,1H3. The lowest BCUT2D eigenvalue weighted by Gasteiger charge is -2.06. The summed E-state index contributed by atoms with van der Waals surface area (Å²) in [5.41, 5.74) is 2.51. The molecule has 0 aliphatic carbocycles. The zero-order valence-electron chi connectivity index (χ0n) is 11.0. The second kappa shape index (κ2) is 7.19. The van der Waals surface area contributed by atoms with Gasteiger partial charge in [-0.3, -0.25) is 0 Å². The molecule has 2 aromatic rings. The normalized spacial score (nSPS) is 11.2. The molecular formula is C15H22N2O. The molecule has 2 rings (SSSR count). The van der Waals surface area contributed by atoms with E-state index in [1.54, 1.807) is 0 Å². The Balaban J connectivity index is 1.67. The van der Waals surface area contributed by atoms with E-state index in [0.29, 0.717) is 0 Å². The average Bonchev–Trinajstić information content (AvgIpc) is 2.85. The molecule has 0 bridgehead atoms. The minimum Gasteiger partial charge on any atom is -0.380 e. The van der Waals surface area contributed by atoms with E-state index in [0.717, 1.165) is 32.7 Å². The lowest BCUT2D eigenvalue weighted by Crippen LogP contribution is -2.19. The number of hydrogen-bond acceptors (Lipinski definition) is 2. The molecule has 18 heavy (non-hydrogen) atoms. The van der Waals surface area contributed by atoms with Crippen LogP contribution >= 0.6 is 0 Å². The van der Waals surface area contributed by atoms with Crippen LogP contribution in [0.4, 0.5) is 0 Å². The Labute approximate surface area is 109 Å². The van der Waals surface area contributed by atoms with Crippen molar-refractivity contribution in [3.05, 3.63) is 36.0 Å². The van der Waals surface area contributed by atoms with E-state index in [-0.39, 0.29) is 0 Å². The summed E-state index contributed by atoms with van der Waals surface area (Å²) in [4.78, 5) is 3.23. The molecule has 0 saturated carbocycles. The van der Waals surface area contributed by atoms with Gasteiger partial charge in [0.25, 0.3) is 0 Å². The van der Waals surface area contributed by atoms with Crippen LogP contribution in [-0.2, 0) is 11.3 Å². The first-order chi connectivity index (χ1) is 8.90. The van der Waals surface area contributed by atoms with E-state index >= 15 is 0 Å². The number of benzene rings is 1. The highest BCUT2D eigenvalue weighted by Crippen LogP contribution is 2.13. The summed E-state index contributed by atoms with van der Waals surface area (Å²) >= 11 is 0. The molecule has 98 valence electrons. The van der Waals surface area contributed by atoms with Crippen molar-refractivity contribution in [2.75, 3.05) is 19.8 Å². The van der Waals surface area contributed by atoms with E-state index < -0.39 is 0 Å². The number of nitrogens with one attached hydrogen (secondary N) is 2. The summed E-state index contributed by atoms with van der Waals surface area (Å²) in [5.74, 6) is 0. The van der Waals surface area contributed by atoms with E-state index in [1.807, 2.05) is 6.20 Å². The summed E-state index contributed by atoms with van der Waals surface area (Å²) in [7, 11) is 0. The summed E-state index contributed by atoms with van der Waals surface area (Å²) < 4.78 is 5.50. The Morgan fingerprint density at radius 3 is 3.06 bits per heavy atom. The molecular weight excluding hydrogens is 224 g/mol. The van der Waals surface area contributed by atoms with Gasteiger partial charge >= 0.3 is 0 Å². The second-order valence-electron chi connectivity index (χ2n) is 4.54. The van der Waals surface area contributed by atoms with Crippen molar-refractivity contribution in [3.8, 4) is 0 Å². The number of unbranched alkanes of at least 4 members (excludes halogenated alkanes) is 1. The predicted molar refractivity (Wildman–Crippen MR) is 75.7 cm³/mol. The summed E-state index contributed by atoms with van der Waals surface area (Å²) in [5, 5.41) is 4.66. The molecule has 3 nitrogen and oxygen atoms in total. The monoisotopic (exact) mass is 246 g/mol. The van der Waals surface area contributed by atoms with Crippen LogP contribution in [-0.4, -0.2) is 24.7 Å². The molecule has 0 atom stereocenters. The summed E-state index contributed by atoms with van der Waals surface area (Å²) in [6, 6.07) is 8.61. The molecule has 2 N–H and O–H groups in total. The molecule has 0 saturated heterocycles. The lowest BCUT2D eigenvalue weighted by atomic mass is 10.1. The van der Waals surface area contributed by atoms with Crippen LogP contribution in [0, 0.1) is 0 Å². The maximum atomic E-state index is 5.50. The van der Waals surface area contributed by atoms with Gasteiger partial charge < -0.3 is 15.0 Å². The fourth-order valence-corrected chi connectivity index (χ4v) is 1.93. The van der Waals surface area contributed by atoms with E-state index in [9.17, 15) is 0 Å². The van der Waals surface area contributed by atoms with Gasteiger partial charge in [0.2, 0.25) is 0 Å². The lowest BCUT2D eigenvalue weighted by molar-refractivity contribution is 0.133. The highest BCUT2D eigenvalue weighted by atomic mass is 16.5. The molecule has 1 heterocycles. The number of rotatable bonds is 8. The Morgan fingerprint density at radius 1 is 1.22 bits per heavy atom. The van der Waals surface area contributed by atoms with Crippen LogP contribution in [0.1, 0.15) is 25.3 Å². The number of H-pyrrole nitrogens is 1. The van der Waals surface area contributed by atoms with Gasteiger partial charge in [0.05, 0.1) is 6.61 Å². The Bertz CT molecular complexity index is 464. The van der Waals surface area contributed by atoms with Gasteiger partial charge in [0.15, 0.2) is 0 Å². The predicted octanol–water partition coefficient (Wildman–Crippen LogP) is 3.07. The van der Waals surface area contributed by atoms with Crippen LogP contribution in [0.25, 0.3) is 10.9 Å². The molecule has 0 fully saturated rings. The smallest absolute Gasteiger partial charge is 0.0591 e. The van der Waals surface area contributed by atoms with E-state index in [1.165, 1.54) is 22.9 Å². The largest absolute Gasteiger partial charge is 0.380 e. The van der Waals surface area contributed by atoms with Crippen LogP contribution in [0.3, 0.4) is 0 Å². The molecule has 1 aromatic carbocycles. The number of aromatic amines is 1. The van der Waals surface area contributed by atoms with Gasteiger partial charge in [-0.05, 0) is 29.5 Å². The number of aromatic nitrogens is 1. The van der Waals surface area contributed by atoms with Crippen molar-refractivity contribution in [2.24, 2.45) is 0 Å². The van der Waals surface area contributed by atoms with E-state index in [2.05, 4.69) is 41.5 Å². The van der Waals surface area contributed by atoms with Gasteiger partial charge in [-0.1, -0.05) is 25.5 Å². The van der Waals surface area contributed by atoms with Crippen LogP contribution in [0.15, 0.2) is 30.5 Å². The average molecular weight is 246 g/mol. The minimum atomic E-state index is 0.796. The Kier molecular flexibility index (Phi) is 5.24. The van der Waals surface area contributed by atoms with Crippen molar-refractivity contribution in [1.29, 1.82) is 0 Å². The first kappa shape index (κ1) is 13.1. The second-order valence-corrected chi connectivity index (χ2v) is 4.54. The molecule has 0 aliphatic heterocycles. The summed E-state index contributed by atoms with van der Waals surface area (Å²) in [6.45, 7) is 5.66. The zero-order chi connectivity index (χ0) is 12.6. The molecule has 1 aromatic heterocycles. The zero-order valence-corrected chi connectivity index (χ0v) is 11.0. The third-order valence-corrected chi connectivity index (χ3v) is 3.01. The van der Waals surface area contributed by atoms with Crippen molar-refractivity contribution < 1.29 is 4.74 Å². The van der Waals surface area contributed by atoms with Gasteiger partial charge in [0.1, 0.15) is 0 Å². The first-order valence-electron chi connectivity index (χ1n) is 6.74. The molecule has 0 spiro atoms. The third-order valence-electron chi connectivity index (χ3n) is 3.01. The maximum absolute atomic E-state index is 5.50. The minimum absolute atomic E-state index is 0.796. The Morgan fingerprint density at radius 2 is 2.17 bits per heavy atom. The van der Waals surface area contributed by atoms with Crippen molar-refractivity contribution >= 4 is 10.9 Å². The van der Waals surface area contributed by atoms with Crippen molar-refractivity contribution in [2.45, 2.75) is 26.3 Å². The fraction of sp³-hybridized carbons (Fsp3) is 0.467. The molecule has 3 heteroatoms. The topological polar surface area (TPSA) is 37.0 Å². The quantitative estimate of drug-likeness (QED) is 0.702. The number of hydrogen-bond donors (Lipinski definition) is 2. The molecule has 0 amide bonds. The van der Waals surface area contributed by atoms with Gasteiger partial charge in [-0.2, -0.15) is 0 Å². The van der Waals surface area contributed by atoms with Gasteiger partial charge in [-0.25, -0.2) is 0 Å². The van der Waals surface area contributed by atoms with Gasteiger partial charge in [-0.15, -0.1) is 0 Å². The van der Waals surface area contributed by atoms with Crippen LogP contribution < -0.4 is 5.32 Å². The van der Waals surface area contributed by atoms with Crippen LogP contribution in [0.5, 0.6) is 0 Å². The third kappa shape index (κ3) is 3.86. The van der Waals surface area contributed by atoms with Crippen LogP contribution in [0.2, 0.25) is 0 Å². The Hall–Kier alpha value is -1.32. The molecule has 0 aliphatic rings. The maximum Gasteiger partial charge on any atom is 0.0591 e. The molecule has 0 unspecified atom stereocenters. The van der Waals surface area contributed by atoms with Gasteiger partial charge in [0, 0.05) is 31.4 Å². The van der Waals surface area contributed by atoms with E-state index in [4.69, 9.17) is 4.74 Å². The fourth-order valence-electron chi connectivity index (χ4n) is 1.93. The highest BCUT2D eigenvalue weighted by Gasteiger charge is 1.97. The number of fused-ring (bicyclic) bond motifs is 1. The SMILES string of the molecule is CCCCOCCNCc1ccc2cc[nH]c2c1. The molecule has 0 radical (unpaired) electrons. The number of ether oxygens (including phenoxy) is 1. The highest BCUT2D eigenvalue weighted by molar-refractivity contribution is 5.79. The first-order valence-corrected chi connectivity index (χ1v) is 6.74. The summed E-state index contributed by atoms with van der Waals surface area (Å²) in [6.07, 6.45) is 4.33. The van der Waals surface area contributed by atoms with Crippen molar-refractivity contribution in [1.82, 2.24) is 10.3 Å². The van der Waals surface area contributed by atoms with Crippen molar-refractivity contribution in [3.63, 3.8) is 0 Å².